The van der Waals surface area contributed by atoms with E-state index in [0.717, 1.165) is 38.0 Å². The maximum Gasteiger partial charge on any atom is 0.407 e. The van der Waals surface area contributed by atoms with Gasteiger partial charge in [0.25, 0.3) is 0 Å². The third kappa shape index (κ3) is 4.91. The number of amides is 1. The molecule has 0 saturated carbocycles. The lowest BCUT2D eigenvalue weighted by atomic mass is 9.97. The Hall–Kier alpha value is -1.55. The number of nitrogens with zero attached hydrogens (tertiary/aromatic N) is 1. The maximum atomic E-state index is 11.6. The van der Waals surface area contributed by atoms with Crippen molar-refractivity contribution in [2.75, 3.05) is 26.7 Å². The van der Waals surface area contributed by atoms with Crippen LogP contribution in [0.4, 0.5) is 4.79 Å². The number of likely N-dealkylation sites (tertiary alicyclic amines) is 1. The van der Waals surface area contributed by atoms with Crippen molar-refractivity contribution in [3.8, 4) is 0 Å². The molecule has 1 amide bonds. The molecule has 0 atom stereocenters. The molecular weight excluding hydrogens is 240 g/mol. The average molecular weight is 262 g/mol. The van der Waals surface area contributed by atoms with Gasteiger partial charge in [-0.1, -0.05) is 30.3 Å². The average Bonchev–Trinajstić information content (AvgIpc) is 2.45. The summed E-state index contributed by atoms with van der Waals surface area (Å²) in [5, 5.41) is 2.86. The first kappa shape index (κ1) is 13.9. The van der Waals surface area contributed by atoms with E-state index < -0.39 is 0 Å². The largest absolute Gasteiger partial charge is 0.445 e. The third-order valence-corrected chi connectivity index (χ3v) is 3.59. The fourth-order valence-corrected chi connectivity index (χ4v) is 2.27. The number of rotatable bonds is 4. The molecule has 19 heavy (non-hydrogen) atoms. The Morgan fingerprint density at radius 3 is 2.68 bits per heavy atom. The van der Waals surface area contributed by atoms with Gasteiger partial charge in [-0.15, -0.1) is 0 Å². The van der Waals surface area contributed by atoms with Crippen LogP contribution in [0, 0.1) is 5.92 Å². The summed E-state index contributed by atoms with van der Waals surface area (Å²) in [5.74, 6) is 0.584. The monoisotopic (exact) mass is 262 g/mol. The number of piperidine rings is 1. The molecule has 1 aliphatic rings. The van der Waals surface area contributed by atoms with E-state index in [1.165, 1.54) is 0 Å². The third-order valence-electron chi connectivity index (χ3n) is 3.59. The van der Waals surface area contributed by atoms with Crippen LogP contribution in [0.1, 0.15) is 18.4 Å². The summed E-state index contributed by atoms with van der Waals surface area (Å²) in [6, 6.07) is 9.72. The number of ether oxygens (including phenoxy) is 1. The van der Waals surface area contributed by atoms with Gasteiger partial charge in [0.15, 0.2) is 0 Å². The van der Waals surface area contributed by atoms with E-state index in [2.05, 4.69) is 17.3 Å². The molecule has 104 valence electrons. The summed E-state index contributed by atoms with van der Waals surface area (Å²) >= 11 is 0. The van der Waals surface area contributed by atoms with E-state index in [-0.39, 0.29) is 6.09 Å². The first-order chi connectivity index (χ1) is 9.24. The number of benzene rings is 1. The topological polar surface area (TPSA) is 41.6 Å². The van der Waals surface area contributed by atoms with Gasteiger partial charge in [-0.2, -0.15) is 0 Å². The van der Waals surface area contributed by atoms with Gasteiger partial charge in [0.05, 0.1) is 0 Å². The van der Waals surface area contributed by atoms with Crippen molar-refractivity contribution in [1.29, 1.82) is 0 Å². The van der Waals surface area contributed by atoms with Gasteiger partial charge in [0, 0.05) is 6.54 Å². The lowest BCUT2D eigenvalue weighted by molar-refractivity contribution is 0.134. The van der Waals surface area contributed by atoms with Gasteiger partial charge in [0.2, 0.25) is 0 Å². The smallest absolute Gasteiger partial charge is 0.407 e. The Kier molecular flexibility index (Phi) is 5.21. The van der Waals surface area contributed by atoms with Crippen LogP contribution in [0.2, 0.25) is 0 Å². The number of carbonyl (C=O) groups is 1. The molecule has 0 unspecified atom stereocenters. The van der Waals surface area contributed by atoms with Crippen molar-refractivity contribution >= 4 is 6.09 Å². The highest BCUT2D eigenvalue weighted by Crippen LogP contribution is 2.14. The molecule has 1 aromatic rings. The Labute approximate surface area is 114 Å². The van der Waals surface area contributed by atoms with Gasteiger partial charge in [0.1, 0.15) is 6.61 Å². The van der Waals surface area contributed by atoms with Crippen molar-refractivity contribution in [2.24, 2.45) is 5.92 Å². The van der Waals surface area contributed by atoms with Gasteiger partial charge < -0.3 is 15.0 Å². The van der Waals surface area contributed by atoms with Gasteiger partial charge >= 0.3 is 6.09 Å². The Morgan fingerprint density at radius 1 is 1.32 bits per heavy atom. The van der Waals surface area contributed by atoms with Crippen molar-refractivity contribution in [1.82, 2.24) is 10.2 Å². The highest BCUT2D eigenvalue weighted by Gasteiger charge is 2.17. The number of carbonyl (C=O) groups excluding carboxylic acids is 1. The Balaban J connectivity index is 1.62. The van der Waals surface area contributed by atoms with E-state index in [4.69, 9.17) is 4.74 Å². The second-order valence-electron chi connectivity index (χ2n) is 5.19. The second-order valence-corrected chi connectivity index (χ2v) is 5.19. The summed E-state index contributed by atoms with van der Waals surface area (Å²) in [7, 11) is 2.14. The molecule has 1 N–H and O–H groups in total. The van der Waals surface area contributed by atoms with Gasteiger partial charge in [-0.05, 0) is 44.5 Å². The minimum absolute atomic E-state index is 0.317. The summed E-state index contributed by atoms with van der Waals surface area (Å²) in [6.07, 6.45) is 1.98. The lowest BCUT2D eigenvalue weighted by Gasteiger charge is -2.28. The quantitative estimate of drug-likeness (QED) is 0.905. The summed E-state index contributed by atoms with van der Waals surface area (Å²) in [5.41, 5.74) is 1.01. The number of hydrogen-bond donors (Lipinski definition) is 1. The molecule has 0 spiro atoms. The van der Waals surface area contributed by atoms with Crippen LogP contribution >= 0.6 is 0 Å². The highest BCUT2D eigenvalue weighted by atomic mass is 16.5. The zero-order valence-electron chi connectivity index (χ0n) is 11.5. The predicted molar refractivity (Wildman–Crippen MR) is 74.9 cm³/mol. The van der Waals surface area contributed by atoms with Crippen LogP contribution in [0.15, 0.2) is 30.3 Å². The second kappa shape index (κ2) is 7.14. The molecular formula is C15H22N2O2. The number of nitrogens with one attached hydrogen (secondary N) is 1. The van der Waals surface area contributed by atoms with E-state index in [0.29, 0.717) is 12.5 Å². The standard InChI is InChI=1S/C15H22N2O2/c1-17-9-7-13(8-10-17)11-16-15(18)19-12-14-5-3-2-4-6-14/h2-6,13H,7-12H2,1H3,(H,16,18). The first-order valence-electron chi connectivity index (χ1n) is 6.87. The minimum atomic E-state index is -0.317. The molecule has 0 aromatic heterocycles. The molecule has 1 saturated heterocycles. The van der Waals surface area contributed by atoms with E-state index in [1.807, 2.05) is 30.3 Å². The molecule has 1 heterocycles. The fraction of sp³-hybridized carbons (Fsp3) is 0.533. The highest BCUT2D eigenvalue weighted by molar-refractivity contribution is 5.67. The number of hydrogen-bond acceptors (Lipinski definition) is 3. The molecule has 1 aliphatic heterocycles. The van der Waals surface area contributed by atoms with Crippen molar-refractivity contribution in [2.45, 2.75) is 19.4 Å². The molecule has 2 rings (SSSR count). The van der Waals surface area contributed by atoms with Crippen LogP contribution in [0.3, 0.4) is 0 Å². The normalized spacial score (nSPS) is 17.1. The summed E-state index contributed by atoms with van der Waals surface area (Å²) < 4.78 is 5.18. The molecule has 0 aliphatic carbocycles. The predicted octanol–water partition coefficient (Wildman–Crippen LogP) is 2.25. The summed E-state index contributed by atoms with van der Waals surface area (Å²) in [4.78, 5) is 13.9. The zero-order chi connectivity index (χ0) is 13.5. The SMILES string of the molecule is CN1CCC(CNC(=O)OCc2ccccc2)CC1. The molecule has 4 nitrogen and oxygen atoms in total. The van der Waals surface area contributed by atoms with Gasteiger partial charge in [-0.25, -0.2) is 4.79 Å². The number of alkyl carbamates (subject to hydrolysis) is 1. The van der Waals surface area contributed by atoms with E-state index >= 15 is 0 Å². The maximum absolute atomic E-state index is 11.6. The van der Waals surface area contributed by atoms with Gasteiger partial charge in [-0.3, -0.25) is 0 Å². The first-order valence-corrected chi connectivity index (χ1v) is 6.87. The van der Waals surface area contributed by atoms with Crippen LogP contribution in [-0.2, 0) is 11.3 Å². The van der Waals surface area contributed by atoms with Crippen LogP contribution in [0.25, 0.3) is 0 Å². The van der Waals surface area contributed by atoms with E-state index in [9.17, 15) is 4.79 Å². The minimum Gasteiger partial charge on any atom is -0.445 e. The Morgan fingerprint density at radius 2 is 2.00 bits per heavy atom. The van der Waals surface area contributed by atoms with Crippen LogP contribution < -0.4 is 5.32 Å². The lowest BCUT2D eigenvalue weighted by Crippen LogP contribution is -2.37. The van der Waals surface area contributed by atoms with Crippen molar-refractivity contribution in [3.05, 3.63) is 35.9 Å². The molecule has 0 bridgehead atoms. The zero-order valence-corrected chi connectivity index (χ0v) is 11.5. The molecule has 0 radical (unpaired) electrons. The Bertz CT molecular complexity index is 386. The van der Waals surface area contributed by atoms with E-state index in [1.54, 1.807) is 0 Å². The summed E-state index contributed by atoms with van der Waals surface area (Å²) in [6.45, 7) is 3.29. The molecule has 1 aromatic carbocycles. The fourth-order valence-electron chi connectivity index (χ4n) is 2.27. The van der Waals surface area contributed by atoms with Crippen LogP contribution in [0.5, 0.6) is 0 Å². The molecule has 1 fully saturated rings. The van der Waals surface area contributed by atoms with Crippen LogP contribution in [-0.4, -0.2) is 37.7 Å². The molecule has 4 heteroatoms. The van der Waals surface area contributed by atoms with Crippen molar-refractivity contribution in [3.63, 3.8) is 0 Å². The van der Waals surface area contributed by atoms with Crippen molar-refractivity contribution < 1.29 is 9.53 Å².